The van der Waals surface area contributed by atoms with Gasteiger partial charge in [-0.25, -0.2) is 5.53 Å². The van der Waals surface area contributed by atoms with Crippen LogP contribution in [0.4, 0.5) is 11.4 Å². The lowest BCUT2D eigenvalue weighted by molar-refractivity contribution is -0.154. The molecule has 174 valence electrons. The molecule has 0 spiro atoms. The molecule has 2 aromatic carbocycles. The van der Waals surface area contributed by atoms with Crippen LogP contribution in [0.1, 0.15) is 53.0 Å². The molecule has 0 aliphatic heterocycles. The molecule has 2 rings (SSSR count). The van der Waals surface area contributed by atoms with Crippen molar-refractivity contribution < 1.29 is 14.3 Å². The predicted molar refractivity (Wildman–Crippen MR) is 129 cm³/mol. The van der Waals surface area contributed by atoms with Crippen LogP contribution in [0.25, 0.3) is 0 Å². The van der Waals surface area contributed by atoms with Crippen LogP contribution >= 0.6 is 11.6 Å². The van der Waals surface area contributed by atoms with Crippen molar-refractivity contribution in [1.29, 1.82) is 5.53 Å². The molecule has 32 heavy (non-hydrogen) atoms. The number of benzene rings is 2. The van der Waals surface area contributed by atoms with Crippen molar-refractivity contribution in [2.75, 3.05) is 18.1 Å². The lowest BCUT2D eigenvalue weighted by atomic mass is 9.97. The largest absolute Gasteiger partial charge is 0.491 e. The molecule has 0 aliphatic rings. The first kappa shape index (κ1) is 25.7. The van der Waals surface area contributed by atoms with E-state index in [2.05, 4.69) is 23.9 Å². The van der Waals surface area contributed by atoms with Gasteiger partial charge >= 0.3 is 5.97 Å². The Balaban J connectivity index is 2.19. The van der Waals surface area contributed by atoms with Crippen LogP contribution in [0, 0.1) is 10.9 Å². The van der Waals surface area contributed by atoms with Gasteiger partial charge < -0.3 is 14.4 Å². The second-order valence-electron chi connectivity index (χ2n) is 8.91. The zero-order valence-electron chi connectivity index (χ0n) is 19.7. The first-order chi connectivity index (χ1) is 15.2. The highest BCUT2D eigenvalue weighted by Gasteiger charge is 2.24. The molecule has 0 radical (unpaired) electrons. The normalized spacial score (nSPS) is 12.2. The molecule has 2 aromatic rings. The maximum absolute atomic E-state index is 12.2. The molecule has 0 bridgehead atoms. The van der Waals surface area contributed by atoms with Crippen molar-refractivity contribution in [2.24, 2.45) is 10.5 Å². The highest BCUT2D eigenvalue weighted by molar-refractivity contribution is 6.30. The number of nitrogens with zero attached hydrogens (tertiary/aromatic N) is 2. The molecule has 0 amide bonds. The zero-order chi connectivity index (χ0) is 23.7. The van der Waals surface area contributed by atoms with Gasteiger partial charge in [-0.05, 0) is 76.6 Å². The lowest BCUT2D eigenvalue weighted by Gasteiger charge is -2.32. The van der Waals surface area contributed by atoms with Gasteiger partial charge in [0.25, 0.3) is 0 Å². The zero-order valence-corrected chi connectivity index (χ0v) is 20.4. The van der Waals surface area contributed by atoms with E-state index in [9.17, 15) is 4.79 Å². The van der Waals surface area contributed by atoms with E-state index >= 15 is 0 Å². The number of hydrogen-bond donors (Lipinski definition) is 1. The number of ether oxygens (including phenoxy) is 2. The van der Waals surface area contributed by atoms with Gasteiger partial charge in [-0.1, -0.05) is 24.9 Å². The molecular formula is C25H34ClN3O3. The maximum Gasteiger partial charge on any atom is 0.311 e. The molecule has 7 heteroatoms. The van der Waals surface area contributed by atoms with Crippen molar-refractivity contribution in [1.82, 2.24) is 0 Å². The highest BCUT2D eigenvalue weighted by atomic mass is 35.5. The Kier molecular flexibility index (Phi) is 9.51. The Labute approximate surface area is 196 Å². The first-order valence-corrected chi connectivity index (χ1v) is 11.4. The van der Waals surface area contributed by atoms with Gasteiger partial charge in [0.15, 0.2) is 0 Å². The fraction of sp³-hybridized carbons (Fsp3) is 0.480. The van der Waals surface area contributed by atoms with E-state index in [0.29, 0.717) is 22.9 Å². The van der Waals surface area contributed by atoms with Crippen LogP contribution in [-0.4, -0.2) is 25.2 Å². The quantitative estimate of drug-likeness (QED) is 0.285. The number of anilines is 1. The minimum atomic E-state index is -0.587. The summed E-state index contributed by atoms with van der Waals surface area (Å²) >= 11 is 5.96. The summed E-state index contributed by atoms with van der Waals surface area (Å²) in [5.41, 5.74) is 9.09. The fourth-order valence-corrected chi connectivity index (χ4v) is 3.23. The number of hydrogen-bond acceptors (Lipinski definition) is 6. The Morgan fingerprint density at radius 2 is 1.88 bits per heavy atom. The number of nitrogens with one attached hydrogen (secondary N) is 1. The molecule has 1 atom stereocenters. The van der Waals surface area contributed by atoms with E-state index in [1.165, 1.54) is 0 Å². The molecule has 1 unspecified atom stereocenters. The summed E-state index contributed by atoms with van der Waals surface area (Å²) < 4.78 is 11.5. The predicted octanol–water partition coefficient (Wildman–Crippen LogP) is 7.17. The van der Waals surface area contributed by atoms with Crippen LogP contribution < -0.4 is 9.64 Å². The van der Waals surface area contributed by atoms with Gasteiger partial charge in [-0.2, -0.15) is 5.11 Å². The second kappa shape index (κ2) is 11.9. The van der Waals surface area contributed by atoms with E-state index in [1.54, 1.807) is 6.07 Å². The number of carbonyl (C=O) groups excluding carboxylic acids is 1. The molecule has 0 saturated heterocycles. The first-order valence-electron chi connectivity index (χ1n) is 11.0. The summed E-state index contributed by atoms with van der Waals surface area (Å²) in [6.07, 6.45) is 2.10. The summed E-state index contributed by atoms with van der Waals surface area (Å²) in [5.74, 6) is 0.487. The maximum atomic E-state index is 12.2. The molecule has 0 saturated carbocycles. The minimum absolute atomic E-state index is 0.0823. The highest BCUT2D eigenvalue weighted by Crippen LogP contribution is 2.29. The minimum Gasteiger partial charge on any atom is -0.491 e. The third kappa shape index (κ3) is 7.52. The van der Waals surface area contributed by atoms with Crippen molar-refractivity contribution in [3.8, 4) is 5.75 Å². The molecule has 1 N–H and O–H groups in total. The van der Waals surface area contributed by atoms with Gasteiger partial charge in [0.05, 0.1) is 17.1 Å². The van der Waals surface area contributed by atoms with Crippen molar-refractivity contribution >= 4 is 28.9 Å². The molecule has 0 aliphatic carbocycles. The van der Waals surface area contributed by atoms with E-state index in [0.717, 1.165) is 30.8 Å². The molecular weight excluding hydrogens is 426 g/mol. The van der Waals surface area contributed by atoms with Crippen LogP contribution in [0.3, 0.4) is 0 Å². The molecule has 0 heterocycles. The van der Waals surface area contributed by atoms with Crippen LogP contribution in [0.15, 0.2) is 47.6 Å². The third-order valence-corrected chi connectivity index (χ3v) is 5.33. The Morgan fingerprint density at radius 1 is 1.19 bits per heavy atom. The van der Waals surface area contributed by atoms with Gasteiger partial charge in [-0.15, -0.1) is 0 Å². The van der Waals surface area contributed by atoms with E-state index in [-0.39, 0.29) is 18.6 Å². The Bertz CT molecular complexity index is 894. The van der Waals surface area contributed by atoms with Gasteiger partial charge in [-0.3, -0.25) is 4.79 Å². The monoisotopic (exact) mass is 459 g/mol. The number of carbonyl (C=O) groups is 1. The van der Waals surface area contributed by atoms with E-state index in [4.69, 9.17) is 26.6 Å². The summed E-state index contributed by atoms with van der Waals surface area (Å²) in [7, 11) is 0. The topological polar surface area (TPSA) is 75.0 Å². The Morgan fingerprint density at radius 3 is 2.47 bits per heavy atom. The molecule has 0 aromatic heterocycles. The Hall–Kier alpha value is -2.60. The van der Waals surface area contributed by atoms with E-state index in [1.807, 2.05) is 57.2 Å². The summed E-state index contributed by atoms with van der Waals surface area (Å²) in [4.78, 5) is 14.5. The van der Waals surface area contributed by atoms with Gasteiger partial charge in [0.2, 0.25) is 0 Å². The van der Waals surface area contributed by atoms with Gasteiger partial charge in [0.1, 0.15) is 19.0 Å². The SMILES string of the molecule is CCCCN(c1ccc(N=N)c(COC(=O)C(C)(C)C)c1)C(C)COc1ccc(Cl)cc1. The van der Waals surface area contributed by atoms with Crippen LogP contribution in [-0.2, 0) is 16.1 Å². The second-order valence-corrected chi connectivity index (χ2v) is 9.35. The average molecular weight is 460 g/mol. The standard InChI is InChI=1S/C25H34ClN3O3/c1-6-7-14-29(18(2)16-31-22-11-8-20(26)9-12-22)21-10-13-23(28-27)19(15-21)17-32-24(30)25(3,4)5/h8-13,15,18,27H,6-7,14,16-17H2,1-5H3. The number of rotatable bonds is 11. The summed E-state index contributed by atoms with van der Waals surface area (Å²) in [5, 5.41) is 4.28. The number of halogens is 1. The van der Waals surface area contributed by atoms with Crippen LogP contribution in [0.5, 0.6) is 5.75 Å². The fourth-order valence-electron chi connectivity index (χ4n) is 3.11. The molecule has 6 nitrogen and oxygen atoms in total. The number of unbranched alkanes of at least 4 members (excludes halogenated alkanes) is 1. The van der Waals surface area contributed by atoms with Crippen molar-refractivity contribution in [2.45, 2.75) is 60.1 Å². The average Bonchev–Trinajstić information content (AvgIpc) is 2.76. The summed E-state index contributed by atoms with van der Waals surface area (Å²) in [6.45, 7) is 11.2. The summed E-state index contributed by atoms with van der Waals surface area (Å²) in [6, 6.07) is 13.1. The van der Waals surface area contributed by atoms with Crippen LogP contribution in [0.2, 0.25) is 5.02 Å². The van der Waals surface area contributed by atoms with Crippen molar-refractivity contribution in [3.05, 3.63) is 53.1 Å². The van der Waals surface area contributed by atoms with Gasteiger partial charge in [0, 0.05) is 22.8 Å². The van der Waals surface area contributed by atoms with E-state index < -0.39 is 5.41 Å². The third-order valence-electron chi connectivity index (χ3n) is 5.08. The molecule has 0 fully saturated rings. The lowest BCUT2D eigenvalue weighted by Crippen LogP contribution is -2.38. The van der Waals surface area contributed by atoms with Crippen molar-refractivity contribution in [3.63, 3.8) is 0 Å². The number of esters is 1. The smallest absolute Gasteiger partial charge is 0.311 e.